The molecule has 0 bridgehead atoms. The van der Waals surface area contributed by atoms with Crippen LogP contribution < -0.4 is 20.3 Å². The first kappa shape index (κ1) is 24.4. The van der Waals surface area contributed by atoms with Crippen molar-refractivity contribution in [2.24, 2.45) is 0 Å². The van der Waals surface area contributed by atoms with Crippen LogP contribution in [0.3, 0.4) is 0 Å². The highest BCUT2D eigenvalue weighted by Gasteiger charge is 2.50. The van der Waals surface area contributed by atoms with E-state index < -0.39 is 24.1 Å². The number of hydrogen-bond donors (Lipinski definition) is 1. The van der Waals surface area contributed by atoms with E-state index >= 15 is 0 Å². The Kier molecular flexibility index (Phi) is 5.48. The van der Waals surface area contributed by atoms with E-state index in [-0.39, 0.29) is 42.5 Å². The van der Waals surface area contributed by atoms with Gasteiger partial charge in [-0.05, 0) is 37.5 Å². The van der Waals surface area contributed by atoms with Gasteiger partial charge in [-0.15, -0.1) is 0 Å². The van der Waals surface area contributed by atoms with E-state index in [2.05, 4.69) is 5.32 Å². The lowest BCUT2D eigenvalue weighted by molar-refractivity contribution is -0.188. The number of esters is 2. The lowest BCUT2D eigenvalue weighted by atomic mass is 9.85. The Bertz CT molecular complexity index is 1680. The molecule has 7 rings (SSSR count). The molecule has 1 saturated heterocycles. The molecule has 6 heterocycles. The molecular formula is C28H26N4O8. The van der Waals surface area contributed by atoms with Gasteiger partial charge in [0.25, 0.3) is 5.56 Å². The molecule has 0 aliphatic carbocycles. The summed E-state index contributed by atoms with van der Waals surface area (Å²) in [5.41, 5.74) is 0.976. The van der Waals surface area contributed by atoms with Gasteiger partial charge in [-0.2, -0.15) is 0 Å². The maximum absolute atomic E-state index is 13.7. The van der Waals surface area contributed by atoms with E-state index in [0.717, 1.165) is 23.8 Å². The number of carbonyl (C=O) groups excluding carboxylic acids is 3. The zero-order valence-corrected chi connectivity index (χ0v) is 21.8. The lowest BCUT2D eigenvalue weighted by Gasteiger charge is -2.35. The number of pyridine rings is 2. The lowest BCUT2D eigenvalue weighted by Crippen LogP contribution is -2.49. The summed E-state index contributed by atoms with van der Waals surface area (Å²) in [5, 5.41) is 3.41. The molecule has 0 radical (unpaired) electrons. The quantitative estimate of drug-likeness (QED) is 0.382. The van der Waals surface area contributed by atoms with Crippen LogP contribution in [0.15, 0.2) is 29.1 Å². The molecule has 1 atom stereocenters. The minimum absolute atomic E-state index is 0.0367. The number of fused-ring (bicyclic) bond motifs is 6. The van der Waals surface area contributed by atoms with E-state index in [1.807, 2.05) is 12.1 Å². The first-order valence-electron chi connectivity index (χ1n) is 13.3. The Balaban J connectivity index is 1.25. The molecule has 2 aromatic heterocycles. The number of urea groups is 1. The maximum atomic E-state index is 13.7. The molecule has 4 aliphatic heterocycles. The van der Waals surface area contributed by atoms with Crippen LogP contribution in [0.2, 0.25) is 0 Å². The third-order valence-electron chi connectivity index (χ3n) is 8.03. The van der Waals surface area contributed by atoms with Crippen molar-refractivity contribution < 1.29 is 33.3 Å². The van der Waals surface area contributed by atoms with Gasteiger partial charge in [0.15, 0.2) is 11.5 Å². The Morgan fingerprint density at radius 3 is 2.62 bits per heavy atom. The van der Waals surface area contributed by atoms with E-state index in [4.69, 9.17) is 23.9 Å². The molecule has 12 nitrogen and oxygen atoms in total. The number of ether oxygens (including phenoxy) is 4. The Morgan fingerprint density at radius 2 is 1.85 bits per heavy atom. The molecule has 0 unspecified atom stereocenters. The van der Waals surface area contributed by atoms with Crippen LogP contribution in [0.5, 0.6) is 11.5 Å². The molecule has 0 spiro atoms. The van der Waals surface area contributed by atoms with Crippen molar-refractivity contribution in [1.29, 1.82) is 0 Å². The number of likely N-dealkylation sites (tertiary alicyclic amines) is 1. The van der Waals surface area contributed by atoms with Crippen molar-refractivity contribution in [1.82, 2.24) is 19.8 Å². The number of amides is 2. The fourth-order valence-corrected chi connectivity index (χ4v) is 5.94. The van der Waals surface area contributed by atoms with Crippen LogP contribution >= 0.6 is 0 Å². The second kappa shape index (κ2) is 8.97. The second-order valence-electron chi connectivity index (χ2n) is 10.3. The van der Waals surface area contributed by atoms with E-state index in [0.29, 0.717) is 48.0 Å². The molecule has 1 N–H and O–H groups in total. The highest BCUT2D eigenvalue weighted by Crippen LogP contribution is 2.42. The van der Waals surface area contributed by atoms with Crippen molar-refractivity contribution in [3.8, 4) is 22.9 Å². The number of benzene rings is 1. The first-order chi connectivity index (χ1) is 19.4. The molecule has 0 saturated carbocycles. The van der Waals surface area contributed by atoms with Crippen molar-refractivity contribution in [3.05, 3.63) is 51.3 Å². The van der Waals surface area contributed by atoms with Crippen LogP contribution in [0, 0.1) is 0 Å². The molecule has 1 aromatic carbocycles. The minimum atomic E-state index is -1.83. The van der Waals surface area contributed by atoms with Crippen LogP contribution in [0.4, 0.5) is 4.79 Å². The van der Waals surface area contributed by atoms with Gasteiger partial charge in [-0.1, -0.05) is 6.92 Å². The Labute approximate surface area is 227 Å². The second-order valence-corrected chi connectivity index (χ2v) is 10.3. The van der Waals surface area contributed by atoms with Gasteiger partial charge in [0.1, 0.15) is 13.2 Å². The number of carbonyl (C=O) groups is 3. The molecule has 40 heavy (non-hydrogen) atoms. The van der Waals surface area contributed by atoms with Crippen LogP contribution in [0.1, 0.15) is 42.9 Å². The summed E-state index contributed by atoms with van der Waals surface area (Å²) in [6, 6.07) is 6.96. The fraction of sp³-hybridized carbons (Fsp3) is 0.393. The van der Waals surface area contributed by atoms with Crippen molar-refractivity contribution in [3.63, 3.8) is 0 Å². The van der Waals surface area contributed by atoms with Crippen LogP contribution in [0.25, 0.3) is 22.3 Å². The largest absolute Gasteiger partial charge is 0.457 e. The normalized spacial score (nSPS) is 20.1. The fourth-order valence-electron chi connectivity index (χ4n) is 5.94. The summed E-state index contributed by atoms with van der Waals surface area (Å²) in [4.78, 5) is 58.6. The van der Waals surface area contributed by atoms with E-state index in [1.165, 1.54) is 0 Å². The van der Waals surface area contributed by atoms with Crippen molar-refractivity contribution >= 4 is 28.9 Å². The number of hydrogen-bond acceptors (Lipinski definition) is 9. The number of cyclic esters (lactones) is 1. The number of aromatic nitrogens is 2. The summed E-state index contributed by atoms with van der Waals surface area (Å²) >= 11 is 0. The van der Waals surface area contributed by atoms with Gasteiger partial charge in [-0.25, -0.2) is 14.6 Å². The zero-order valence-electron chi connectivity index (χ0n) is 21.8. The monoisotopic (exact) mass is 546 g/mol. The molecular weight excluding hydrogens is 520 g/mol. The molecule has 3 aromatic rings. The third kappa shape index (κ3) is 3.62. The summed E-state index contributed by atoms with van der Waals surface area (Å²) in [6.45, 7) is 2.72. The summed E-state index contributed by atoms with van der Waals surface area (Å²) in [5.74, 6) is -0.333. The van der Waals surface area contributed by atoms with Gasteiger partial charge in [0, 0.05) is 35.7 Å². The van der Waals surface area contributed by atoms with E-state index in [1.54, 1.807) is 28.5 Å². The van der Waals surface area contributed by atoms with Gasteiger partial charge >= 0.3 is 18.0 Å². The predicted molar refractivity (Wildman–Crippen MR) is 139 cm³/mol. The third-order valence-corrected chi connectivity index (χ3v) is 8.03. The smallest absolute Gasteiger partial charge is 0.355 e. The Hall–Kier alpha value is -4.61. The number of rotatable bonds is 4. The van der Waals surface area contributed by atoms with Gasteiger partial charge in [0.05, 0.1) is 29.0 Å². The van der Waals surface area contributed by atoms with Crippen molar-refractivity contribution in [2.45, 2.75) is 44.9 Å². The van der Waals surface area contributed by atoms with Crippen molar-refractivity contribution in [2.75, 3.05) is 26.4 Å². The first-order valence-corrected chi connectivity index (χ1v) is 13.3. The topological polar surface area (TPSA) is 138 Å². The maximum Gasteiger partial charge on any atom is 0.355 e. The molecule has 1 fully saturated rings. The minimum Gasteiger partial charge on any atom is -0.457 e. The van der Waals surface area contributed by atoms with Gasteiger partial charge in [-0.3, -0.25) is 9.59 Å². The summed E-state index contributed by atoms with van der Waals surface area (Å²) < 4.78 is 23.7. The Morgan fingerprint density at radius 1 is 1.07 bits per heavy atom. The molecule has 206 valence electrons. The summed E-state index contributed by atoms with van der Waals surface area (Å²) in [7, 11) is 0. The molecule has 12 heteroatoms. The van der Waals surface area contributed by atoms with Gasteiger partial charge in [0.2, 0.25) is 12.4 Å². The summed E-state index contributed by atoms with van der Waals surface area (Å²) in [6.07, 6.45) is 1.87. The highest BCUT2D eigenvalue weighted by atomic mass is 16.7. The average molecular weight is 547 g/mol. The molecule has 4 aliphatic rings. The predicted octanol–water partition coefficient (Wildman–Crippen LogP) is 2.16. The van der Waals surface area contributed by atoms with Crippen LogP contribution in [-0.2, 0) is 37.8 Å². The SMILES string of the molecule is CC[C@@]1(OC(=O)CNC(=O)N2CCCC2)C(=O)OCc2c1cc1n(c2=O)Cc2cc3cc4c(cc3nc2-1)OCO4. The molecule has 2 amide bonds. The average Bonchev–Trinajstić information content (AvgIpc) is 3.71. The number of nitrogens with zero attached hydrogens (tertiary/aromatic N) is 3. The number of nitrogens with one attached hydrogen (secondary N) is 1. The standard InChI is InChI=1S/C28H26N4O8/c1-2-28(40-23(33)11-29-27(36)31-5-3-4-6-31)18-9-20-24-16(12-32(20)25(34)17(18)13-37-26(28)35)7-15-8-21-22(39-14-38-21)10-19(15)30-24/h7-10H,2-6,11-14H2,1H3,(H,29,36)/t28-/m0/s1. The van der Waals surface area contributed by atoms with E-state index in [9.17, 15) is 19.2 Å². The van der Waals surface area contributed by atoms with Gasteiger partial charge < -0.3 is 33.7 Å². The van der Waals surface area contributed by atoms with Crippen LogP contribution in [-0.4, -0.2) is 58.8 Å². The zero-order chi connectivity index (χ0) is 27.6. The highest BCUT2D eigenvalue weighted by molar-refractivity contribution is 5.90.